The Morgan fingerprint density at radius 2 is 1.88 bits per heavy atom. The molecule has 0 saturated carbocycles. The van der Waals surface area contributed by atoms with E-state index in [1.807, 2.05) is 17.5 Å². The normalized spacial score (nSPS) is 11.0. The summed E-state index contributed by atoms with van der Waals surface area (Å²) in [4.78, 5) is 18.2. The standard InChI is InChI=1S/C19H13F2N3OS/c1-11-17(18(25)22-15-4-2-3-14(21)9-15)26-19-23-16(10-24(11)19)12-5-7-13(20)8-6-12/h2-10H,1H3,(H,22,25). The van der Waals surface area contributed by atoms with E-state index in [0.717, 1.165) is 11.3 Å². The van der Waals surface area contributed by atoms with E-state index >= 15 is 0 Å². The van der Waals surface area contributed by atoms with Gasteiger partial charge in [-0.15, -0.1) is 0 Å². The molecule has 0 atom stereocenters. The van der Waals surface area contributed by atoms with Gasteiger partial charge in [-0.3, -0.25) is 9.20 Å². The summed E-state index contributed by atoms with van der Waals surface area (Å²) in [6, 6.07) is 11.8. The molecule has 2 aromatic carbocycles. The monoisotopic (exact) mass is 369 g/mol. The molecule has 2 aromatic heterocycles. The number of aryl methyl sites for hydroxylation is 1. The Hall–Kier alpha value is -3.06. The molecule has 0 aliphatic rings. The number of imidazole rings is 1. The van der Waals surface area contributed by atoms with Crippen LogP contribution in [-0.4, -0.2) is 15.3 Å². The molecule has 0 saturated heterocycles. The van der Waals surface area contributed by atoms with Crippen molar-refractivity contribution in [3.8, 4) is 11.3 Å². The fourth-order valence-electron chi connectivity index (χ4n) is 2.67. The van der Waals surface area contributed by atoms with Gasteiger partial charge in [0, 0.05) is 23.1 Å². The van der Waals surface area contributed by atoms with Crippen molar-refractivity contribution in [3.63, 3.8) is 0 Å². The fraction of sp³-hybridized carbons (Fsp3) is 0.0526. The van der Waals surface area contributed by atoms with Crippen molar-refractivity contribution in [1.82, 2.24) is 9.38 Å². The van der Waals surface area contributed by atoms with Crippen LogP contribution in [0.4, 0.5) is 14.5 Å². The second-order valence-electron chi connectivity index (χ2n) is 5.77. The number of carbonyl (C=O) groups excluding carboxylic acids is 1. The van der Waals surface area contributed by atoms with E-state index in [1.165, 1.54) is 41.7 Å². The van der Waals surface area contributed by atoms with Crippen molar-refractivity contribution in [2.45, 2.75) is 6.92 Å². The van der Waals surface area contributed by atoms with E-state index < -0.39 is 5.82 Å². The number of anilines is 1. The molecule has 0 unspecified atom stereocenters. The van der Waals surface area contributed by atoms with Crippen LogP contribution >= 0.6 is 11.3 Å². The van der Waals surface area contributed by atoms with E-state index in [0.29, 0.717) is 21.2 Å². The lowest BCUT2D eigenvalue weighted by atomic mass is 10.2. The van der Waals surface area contributed by atoms with Gasteiger partial charge in [-0.25, -0.2) is 13.8 Å². The summed E-state index contributed by atoms with van der Waals surface area (Å²) >= 11 is 1.25. The van der Waals surface area contributed by atoms with Crippen molar-refractivity contribution in [2.24, 2.45) is 0 Å². The third-order valence-corrected chi connectivity index (χ3v) is 5.14. The molecule has 0 bridgehead atoms. The summed E-state index contributed by atoms with van der Waals surface area (Å²) in [6.07, 6.45) is 1.81. The zero-order valence-corrected chi connectivity index (χ0v) is 14.5. The van der Waals surface area contributed by atoms with Crippen molar-refractivity contribution in [2.75, 3.05) is 5.32 Å². The maximum absolute atomic E-state index is 13.3. The largest absolute Gasteiger partial charge is 0.321 e. The summed E-state index contributed by atoms with van der Waals surface area (Å²) in [5, 5.41) is 2.69. The van der Waals surface area contributed by atoms with Gasteiger partial charge in [0.05, 0.1) is 5.69 Å². The van der Waals surface area contributed by atoms with Crippen LogP contribution in [-0.2, 0) is 0 Å². The molecule has 2 heterocycles. The highest BCUT2D eigenvalue weighted by molar-refractivity contribution is 7.19. The van der Waals surface area contributed by atoms with Gasteiger partial charge in [-0.2, -0.15) is 0 Å². The van der Waals surface area contributed by atoms with E-state index in [9.17, 15) is 13.6 Å². The van der Waals surface area contributed by atoms with E-state index in [-0.39, 0.29) is 11.7 Å². The molecule has 0 spiro atoms. The van der Waals surface area contributed by atoms with E-state index in [1.54, 1.807) is 18.2 Å². The quantitative estimate of drug-likeness (QED) is 0.558. The highest BCUT2D eigenvalue weighted by Gasteiger charge is 2.18. The minimum absolute atomic E-state index is 0.303. The molecule has 26 heavy (non-hydrogen) atoms. The lowest BCUT2D eigenvalue weighted by Crippen LogP contribution is -2.12. The van der Waals surface area contributed by atoms with E-state index in [2.05, 4.69) is 10.3 Å². The first-order valence-electron chi connectivity index (χ1n) is 7.82. The second kappa shape index (κ2) is 6.34. The molecule has 1 amide bonds. The number of thiazole rings is 1. The molecule has 4 nitrogen and oxygen atoms in total. The Labute approximate surface area is 151 Å². The van der Waals surface area contributed by atoms with Gasteiger partial charge in [0.15, 0.2) is 4.96 Å². The maximum atomic E-state index is 13.3. The van der Waals surface area contributed by atoms with Crippen LogP contribution in [0.3, 0.4) is 0 Å². The van der Waals surface area contributed by atoms with Crippen molar-refractivity contribution in [3.05, 3.63) is 76.9 Å². The van der Waals surface area contributed by atoms with Crippen molar-refractivity contribution >= 4 is 27.9 Å². The zero-order chi connectivity index (χ0) is 18.3. The van der Waals surface area contributed by atoms with Crippen LogP contribution in [0.5, 0.6) is 0 Å². The summed E-state index contributed by atoms with van der Waals surface area (Å²) in [7, 11) is 0. The van der Waals surface area contributed by atoms with Crippen molar-refractivity contribution < 1.29 is 13.6 Å². The topological polar surface area (TPSA) is 46.4 Å². The van der Waals surface area contributed by atoms with Crippen molar-refractivity contribution in [1.29, 1.82) is 0 Å². The van der Waals surface area contributed by atoms with Crippen LogP contribution in [0.1, 0.15) is 15.4 Å². The Balaban J connectivity index is 1.65. The van der Waals surface area contributed by atoms with Gasteiger partial charge in [-0.05, 0) is 49.4 Å². The summed E-state index contributed by atoms with van der Waals surface area (Å²) < 4.78 is 28.1. The minimum Gasteiger partial charge on any atom is -0.321 e. The van der Waals surface area contributed by atoms with Gasteiger partial charge in [-0.1, -0.05) is 17.4 Å². The number of nitrogens with zero attached hydrogens (tertiary/aromatic N) is 2. The van der Waals surface area contributed by atoms with Gasteiger partial charge in [0.25, 0.3) is 5.91 Å². The SMILES string of the molecule is Cc1c(C(=O)Nc2cccc(F)c2)sc2nc(-c3ccc(F)cc3)cn12. The first-order valence-corrected chi connectivity index (χ1v) is 8.64. The highest BCUT2D eigenvalue weighted by Crippen LogP contribution is 2.28. The van der Waals surface area contributed by atoms with Crippen LogP contribution in [0, 0.1) is 18.6 Å². The number of aromatic nitrogens is 2. The Kier molecular flexibility index (Phi) is 4.00. The molecule has 0 aliphatic carbocycles. The summed E-state index contributed by atoms with van der Waals surface area (Å²) in [6.45, 7) is 1.82. The number of carbonyl (C=O) groups is 1. The summed E-state index contributed by atoms with van der Waals surface area (Å²) in [5.74, 6) is -1.03. The number of nitrogens with one attached hydrogen (secondary N) is 1. The second-order valence-corrected chi connectivity index (χ2v) is 6.74. The smallest absolute Gasteiger partial charge is 0.267 e. The number of rotatable bonds is 3. The number of halogens is 2. The predicted octanol–water partition coefficient (Wildman–Crippen LogP) is 4.90. The molecule has 4 aromatic rings. The number of amides is 1. The molecule has 0 radical (unpaired) electrons. The van der Waals surface area contributed by atoms with Crippen LogP contribution in [0.15, 0.2) is 54.7 Å². The Morgan fingerprint density at radius 3 is 2.58 bits per heavy atom. The molecule has 130 valence electrons. The predicted molar refractivity (Wildman–Crippen MR) is 97.6 cm³/mol. The molecular weight excluding hydrogens is 356 g/mol. The third kappa shape index (κ3) is 2.97. The minimum atomic E-state index is -0.413. The van der Waals surface area contributed by atoms with Gasteiger partial charge in [0.2, 0.25) is 0 Å². The van der Waals surface area contributed by atoms with E-state index in [4.69, 9.17) is 0 Å². The van der Waals surface area contributed by atoms with Gasteiger partial charge in [0.1, 0.15) is 16.5 Å². The van der Waals surface area contributed by atoms with Crippen LogP contribution in [0.2, 0.25) is 0 Å². The first-order chi connectivity index (χ1) is 12.5. The molecule has 7 heteroatoms. The molecule has 0 fully saturated rings. The number of hydrogen-bond donors (Lipinski definition) is 1. The highest BCUT2D eigenvalue weighted by atomic mass is 32.1. The molecular formula is C19H13F2N3OS. The first kappa shape index (κ1) is 16.4. The van der Waals surface area contributed by atoms with Crippen LogP contribution < -0.4 is 5.32 Å². The maximum Gasteiger partial charge on any atom is 0.267 e. The summed E-state index contributed by atoms with van der Waals surface area (Å²) in [5.41, 5.74) is 2.64. The fourth-order valence-corrected chi connectivity index (χ4v) is 3.68. The lowest BCUT2D eigenvalue weighted by molar-refractivity contribution is 0.102. The molecule has 1 N–H and O–H groups in total. The number of fused-ring (bicyclic) bond motifs is 1. The number of benzene rings is 2. The molecule has 0 aliphatic heterocycles. The Bertz CT molecular complexity index is 1120. The average molecular weight is 369 g/mol. The third-order valence-electron chi connectivity index (χ3n) is 3.99. The lowest BCUT2D eigenvalue weighted by Gasteiger charge is -2.04. The van der Waals surface area contributed by atoms with Gasteiger partial charge < -0.3 is 5.32 Å². The van der Waals surface area contributed by atoms with Gasteiger partial charge >= 0.3 is 0 Å². The number of hydrogen-bond acceptors (Lipinski definition) is 3. The zero-order valence-electron chi connectivity index (χ0n) is 13.7. The molecule has 4 rings (SSSR count). The Morgan fingerprint density at radius 1 is 1.12 bits per heavy atom. The van der Waals surface area contributed by atoms with Crippen LogP contribution in [0.25, 0.3) is 16.2 Å². The average Bonchev–Trinajstić information content (AvgIpc) is 3.15.